The number of hydrogen-bond donors (Lipinski definition) is 1. The van der Waals surface area contributed by atoms with Crippen LogP contribution in [0.2, 0.25) is 0 Å². The number of ether oxygens (including phenoxy) is 1. The number of anilines is 1. The fourth-order valence-electron chi connectivity index (χ4n) is 5.38. The minimum atomic E-state index is 0.395. The lowest BCUT2D eigenvalue weighted by Gasteiger charge is -2.23. The third-order valence-electron chi connectivity index (χ3n) is 7.47. The first-order chi connectivity index (χ1) is 19.9. The van der Waals surface area contributed by atoms with E-state index in [-0.39, 0.29) is 0 Å². The molecule has 0 amide bonds. The van der Waals surface area contributed by atoms with Crippen LogP contribution in [0.4, 0.5) is 5.82 Å². The molecule has 1 atom stereocenters. The van der Waals surface area contributed by atoms with E-state index in [4.69, 9.17) is 24.9 Å². The number of aryl methyl sites for hydroxylation is 2. The van der Waals surface area contributed by atoms with Gasteiger partial charge in [-0.15, -0.1) is 28.5 Å². The molecule has 0 bridgehead atoms. The van der Waals surface area contributed by atoms with Gasteiger partial charge in [0.25, 0.3) is 0 Å². The van der Waals surface area contributed by atoms with E-state index in [0.29, 0.717) is 35.4 Å². The van der Waals surface area contributed by atoms with E-state index in [1.807, 2.05) is 68.3 Å². The van der Waals surface area contributed by atoms with Crippen molar-refractivity contribution in [1.82, 2.24) is 24.6 Å². The number of thioether (sulfide) groups is 1. The Balaban J connectivity index is 0.000000728. The van der Waals surface area contributed by atoms with Crippen molar-refractivity contribution in [3.8, 4) is 22.7 Å². The fourth-order valence-corrected chi connectivity index (χ4v) is 6.96. The average molecular weight is 577 g/mol. The SMILES string of the molecule is C=CC.CC.Cc1nnc(-c2c(CCC3CCOCC3)nc3c(c2-c2cn4c(N)cccc4n2)SCC3C(C)C)o1. The van der Waals surface area contributed by atoms with Crippen LogP contribution in [-0.2, 0) is 11.2 Å². The molecule has 4 aromatic heterocycles. The van der Waals surface area contributed by atoms with Gasteiger partial charge in [0.05, 0.1) is 22.6 Å². The molecule has 220 valence electrons. The highest BCUT2D eigenvalue weighted by Crippen LogP contribution is 2.50. The van der Waals surface area contributed by atoms with Crippen molar-refractivity contribution in [3.63, 3.8) is 0 Å². The highest BCUT2D eigenvalue weighted by Gasteiger charge is 2.35. The van der Waals surface area contributed by atoms with Crippen LogP contribution in [0.5, 0.6) is 0 Å². The number of nitrogen functional groups attached to an aromatic ring is 1. The van der Waals surface area contributed by atoms with E-state index in [2.05, 4.69) is 30.6 Å². The van der Waals surface area contributed by atoms with Crippen LogP contribution in [-0.4, -0.2) is 43.5 Å². The molecule has 41 heavy (non-hydrogen) atoms. The zero-order chi connectivity index (χ0) is 29.5. The van der Waals surface area contributed by atoms with Gasteiger partial charge >= 0.3 is 0 Å². The first-order valence-corrected chi connectivity index (χ1v) is 15.8. The highest BCUT2D eigenvalue weighted by molar-refractivity contribution is 7.99. The van der Waals surface area contributed by atoms with Crippen molar-refractivity contribution in [2.75, 3.05) is 24.7 Å². The zero-order valence-corrected chi connectivity index (χ0v) is 26.1. The van der Waals surface area contributed by atoms with Crippen molar-refractivity contribution < 1.29 is 9.15 Å². The maximum atomic E-state index is 6.29. The van der Waals surface area contributed by atoms with Crippen molar-refractivity contribution in [2.45, 2.75) is 78.0 Å². The first-order valence-electron chi connectivity index (χ1n) is 14.8. The van der Waals surface area contributed by atoms with Crippen LogP contribution >= 0.6 is 11.8 Å². The van der Waals surface area contributed by atoms with Crippen molar-refractivity contribution in [1.29, 1.82) is 0 Å². The standard InChI is InChI=1S/C27H32N6O2S.C3H6.C2H6/c1-15(2)18-14-36-26-23(20-13-33-21(28)5-4-6-22(33)29-20)24(27-32-31-16(3)35-27)19(30-25(18)26)8-7-17-9-11-34-12-10-17;1-3-2;1-2/h4-6,13,15,17-18H,7-12,14,28H2,1-3H3;3H,1H2,2H3;1-2H3. The molecule has 0 saturated carbocycles. The van der Waals surface area contributed by atoms with Crippen molar-refractivity contribution in [3.05, 3.63) is 54.3 Å². The molecule has 2 aliphatic heterocycles. The number of pyridine rings is 2. The number of nitrogens with two attached hydrogens (primary N) is 1. The number of aromatic nitrogens is 5. The summed E-state index contributed by atoms with van der Waals surface area (Å²) in [5, 5.41) is 8.63. The molecule has 8 nitrogen and oxygen atoms in total. The summed E-state index contributed by atoms with van der Waals surface area (Å²) in [5.41, 5.74) is 12.1. The Morgan fingerprint density at radius 1 is 1.15 bits per heavy atom. The van der Waals surface area contributed by atoms with Gasteiger partial charge in [0, 0.05) is 48.5 Å². The number of imidazole rings is 1. The van der Waals surface area contributed by atoms with Crippen LogP contribution in [0.1, 0.15) is 77.1 Å². The molecule has 0 spiro atoms. The van der Waals surface area contributed by atoms with E-state index in [0.717, 1.165) is 72.8 Å². The highest BCUT2D eigenvalue weighted by atomic mass is 32.2. The average Bonchev–Trinajstić information content (AvgIpc) is 3.72. The largest absolute Gasteiger partial charge is 0.421 e. The summed E-state index contributed by atoms with van der Waals surface area (Å²) in [6, 6.07) is 5.80. The number of allylic oxidation sites excluding steroid dienone is 1. The van der Waals surface area contributed by atoms with E-state index in [9.17, 15) is 0 Å². The second-order valence-electron chi connectivity index (χ2n) is 10.6. The summed E-state index contributed by atoms with van der Waals surface area (Å²) in [7, 11) is 0. The number of fused-ring (bicyclic) bond motifs is 2. The second kappa shape index (κ2) is 14.1. The third-order valence-corrected chi connectivity index (χ3v) is 8.69. The number of nitrogens with zero attached hydrogens (tertiary/aromatic N) is 5. The molecule has 9 heteroatoms. The summed E-state index contributed by atoms with van der Waals surface area (Å²) < 4.78 is 13.6. The molecule has 2 aliphatic rings. The maximum absolute atomic E-state index is 6.29. The van der Waals surface area contributed by atoms with Crippen LogP contribution in [0.3, 0.4) is 0 Å². The molecule has 6 heterocycles. The van der Waals surface area contributed by atoms with E-state index >= 15 is 0 Å². The van der Waals surface area contributed by atoms with Gasteiger partial charge in [0.15, 0.2) is 0 Å². The minimum absolute atomic E-state index is 0.395. The molecular weight excluding hydrogens is 532 g/mol. The monoisotopic (exact) mass is 576 g/mol. The van der Waals surface area contributed by atoms with Gasteiger partial charge in [-0.05, 0) is 56.6 Å². The van der Waals surface area contributed by atoms with Crippen molar-refractivity contribution in [2.24, 2.45) is 11.8 Å². The summed E-state index contributed by atoms with van der Waals surface area (Å²) >= 11 is 1.86. The molecule has 0 radical (unpaired) electrons. The van der Waals surface area contributed by atoms with Crippen LogP contribution in [0, 0.1) is 18.8 Å². The summed E-state index contributed by atoms with van der Waals surface area (Å²) in [6.45, 7) is 17.3. The molecule has 4 aromatic rings. The molecule has 1 unspecified atom stereocenters. The Hall–Kier alpha value is -3.17. The molecule has 2 N–H and O–H groups in total. The van der Waals surface area contributed by atoms with Gasteiger partial charge in [-0.25, -0.2) is 4.98 Å². The fraction of sp³-hybridized carbons (Fsp3) is 0.500. The van der Waals surface area contributed by atoms with E-state index in [1.165, 1.54) is 10.6 Å². The summed E-state index contributed by atoms with van der Waals surface area (Å²) in [5.74, 6) is 4.24. The maximum Gasteiger partial charge on any atom is 0.250 e. The Kier molecular flexibility index (Phi) is 10.6. The topological polar surface area (TPSA) is 104 Å². The Morgan fingerprint density at radius 3 is 2.51 bits per heavy atom. The first kappa shape index (κ1) is 30.8. The van der Waals surface area contributed by atoms with Gasteiger partial charge in [-0.2, -0.15) is 0 Å². The predicted octanol–water partition coefficient (Wildman–Crippen LogP) is 7.76. The van der Waals surface area contributed by atoms with E-state index < -0.39 is 0 Å². The molecule has 6 rings (SSSR count). The Morgan fingerprint density at radius 2 is 1.88 bits per heavy atom. The lowest BCUT2D eigenvalue weighted by molar-refractivity contribution is 0.0639. The molecule has 1 saturated heterocycles. The Bertz CT molecular complexity index is 1450. The lowest BCUT2D eigenvalue weighted by Crippen LogP contribution is -2.17. The van der Waals surface area contributed by atoms with Gasteiger partial charge in [-0.3, -0.25) is 9.38 Å². The minimum Gasteiger partial charge on any atom is -0.421 e. The van der Waals surface area contributed by atoms with Gasteiger partial charge in [0.2, 0.25) is 11.8 Å². The molecule has 0 aromatic carbocycles. The van der Waals surface area contributed by atoms with Gasteiger partial charge in [-0.1, -0.05) is 39.8 Å². The smallest absolute Gasteiger partial charge is 0.250 e. The van der Waals surface area contributed by atoms with Gasteiger partial charge < -0.3 is 14.9 Å². The normalized spacial score (nSPS) is 16.6. The van der Waals surface area contributed by atoms with E-state index in [1.54, 1.807) is 6.08 Å². The lowest BCUT2D eigenvalue weighted by atomic mass is 9.89. The van der Waals surface area contributed by atoms with Crippen LogP contribution < -0.4 is 5.73 Å². The number of hydrogen-bond acceptors (Lipinski definition) is 8. The second-order valence-corrected chi connectivity index (χ2v) is 11.6. The summed E-state index contributed by atoms with van der Waals surface area (Å²) in [6.07, 6.45) is 7.89. The van der Waals surface area contributed by atoms with Crippen molar-refractivity contribution >= 4 is 23.2 Å². The third kappa shape index (κ3) is 6.67. The van der Waals surface area contributed by atoms with Gasteiger partial charge in [0.1, 0.15) is 11.5 Å². The zero-order valence-electron chi connectivity index (χ0n) is 25.3. The quantitative estimate of drug-likeness (QED) is 0.232. The molecular formula is C32H44N6O2S. The molecule has 1 fully saturated rings. The number of rotatable bonds is 6. The predicted molar refractivity (Wildman–Crippen MR) is 168 cm³/mol. The summed E-state index contributed by atoms with van der Waals surface area (Å²) in [4.78, 5) is 11.5. The Labute approximate surface area is 248 Å². The van der Waals surface area contributed by atoms with Crippen LogP contribution in [0.15, 0.2) is 46.4 Å². The molecule has 0 aliphatic carbocycles. The van der Waals surface area contributed by atoms with Crippen LogP contribution in [0.25, 0.3) is 28.4 Å².